The molecule has 0 aromatic heterocycles. The second-order valence-electron chi connectivity index (χ2n) is 10.6. The van der Waals surface area contributed by atoms with E-state index in [-0.39, 0.29) is 40.4 Å². The highest BCUT2D eigenvalue weighted by molar-refractivity contribution is 6.67. The van der Waals surface area contributed by atoms with Crippen LogP contribution in [0.4, 0.5) is 11.4 Å². The second kappa shape index (κ2) is 9.91. The minimum Gasteiger partial charge on any atom is -0.497 e. The summed E-state index contributed by atoms with van der Waals surface area (Å²) in [5.74, 6) is -4.67. The Morgan fingerprint density at radius 3 is 2.10 bits per heavy atom. The first kappa shape index (κ1) is 29.9. The number of carbonyl (C=O) groups excluding carboxylic acids is 4. The minimum atomic E-state index is -2.03. The van der Waals surface area contributed by atoms with Crippen molar-refractivity contribution >= 4 is 105 Å². The Bertz CT molecular complexity index is 1580. The molecule has 4 aliphatic rings. The van der Waals surface area contributed by atoms with Crippen molar-refractivity contribution in [3.8, 4) is 11.5 Å². The third-order valence-corrected chi connectivity index (χ3v) is 12.6. The highest BCUT2D eigenvalue weighted by Crippen LogP contribution is 2.77. The summed E-state index contributed by atoms with van der Waals surface area (Å²) in [4.78, 5) is 51.6. The summed E-state index contributed by atoms with van der Waals surface area (Å²) in [5.41, 5.74) is 1.28. The molecule has 2 aliphatic heterocycles. The molecule has 0 spiro atoms. The van der Waals surface area contributed by atoms with Gasteiger partial charge in [-0.1, -0.05) is 52.5 Å². The monoisotopic (exact) mass is 690 g/mol. The van der Waals surface area contributed by atoms with Crippen molar-refractivity contribution in [3.63, 3.8) is 0 Å². The maximum atomic E-state index is 13.7. The number of ether oxygens (including phenoxy) is 2. The molecule has 2 heterocycles. The fraction of sp³-hybridized carbons (Fsp3) is 0.357. The number of allylic oxidation sites excluding steroid dienone is 2. The zero-order valence-electron chi connectivity index (χ0n) is 21.8. The van der Waals surface area contributed by atoms with Crippen LogP contribution in [0.2, 0.25) is 0 Å². The van der Waals surface area contributed by atoms with Crippen molar-refractivity contribution in [2.75, 3.05) is 23.5 Å². The first-order chi connectivity index (χ1) is 19.7. The predicted molar refractivity (Wildman–Crippen MR) is 160 cm³/mol. The van der Waals surface area contributed by atoms with Crippen LogP contribution in [0.25, 0.3) is 0 Å². The molecule has 5 atom stereocenters. The van der Waals surface area contributed by atoms with Crippen LogP contribution in [0.15, 0.2) is 52.5 Å². The SMILES string of the molecule is COc1cccc(N2C[C@H](C(=O)Oc3ccc(N4C(=O)[C@@H]5[C@@H](C4=O)[C@@]4(Cl)C(Cl)=C(Cl)[C@@]5(Cl)C4(Cl)Cl)c(C)c3)CC2=O)c1. The first-order valence-electron chi connectivity index (χ1n) is 12.7. The molecule has 220 valence electrons. The van der Waals surface area contributed by atoms with Gasteiger partial charge in [-0.15, -0.1) is 23.2 Å². The first-order valence-corrected chi connectivity index (χ1v) is 14.9. The van der Waals surface area contributed by atoms with Crippen molar-refractivity contribution in [3.05, 3.63) is 58.1 Å². The number of hydrogen-bond acceptors (Lipinski definition) is 6. The molecule has 3 amide bonds. The molecule has 1 saturated carbocycles. The molecule has 2 aromatic rings. The Balaban J connectivity index is 1.21. The van der Waals surface area contributed by atoms with Gasteiger partial charge in [-0.05, 0) is 42.8 Å². The number of nitrogens with zero attached hydrogens (tertiary/aromatic N) is 2. The van der Waals surface area contributed by atoms with Crippen molar-refractivity contribution in [2.45, 2.75) is 27.4 Å². The molecule has 0 radical (unpaired) electrons. The molecule has 2 aliphatic carbocycles. The van der Waals surface area contributed by atoms with Gasteiger partial charge in [0.15, 0.2) is 4.33 Å². The lowest BCUT2D eigenvalue weighted by molar-refractivity contribution is -0.139. The van der Waals surface area contributed by atoms with Crippen LogP contribution in [0.5, 0.6) is 11.5 Å². The highest BCUT2D eigenvalue weighted by Gasteiger charge is 2.87. The van der Waals surface area contributed by atoms with E-state index in [1.807, 2.05) is 0 Å². The van der Waals surface area contributed by atoms with E-state index in [4.69, 9.17) is 79.1 Å². The third kappa shape index (κ3) is 3.75. The van der Waals surface area contributed by atoms with Gasteiger partial charge in [0.1, 0.15) is 21.2 Å². The summed E-state index contributed by atoms with van der Waals surface area (Å²) in [6.45, 7) is 1.78. The Hall–Kier alpha value is -2.20. The summed E-state index contributed by atoms with van der Waals surface area (Å²) in [7, 11) is 1.53. The van der Waals surface area contributed by atoms with E-state index < -0.39 is 49.6 Å². The molecule has 14 heteroatoms. The predicted octanol–water partition coefficient (Wildman–Crippen LogP) is 5.91. The summed E-state index contributed by atoms with van der Waals surface area (Å²) in [6.07, 6.45) is -0.0190. The number of rotatable bonds is 5. The highest BCUT2D eigenvalue weighted by atomic mass is 35.5. The van der Waals surface area contributed by atoms with E-state index in [1.54, 1.807) is 31.2 Å². The fourth-order valence-corrected chi connectivity index (χ4v) is 9.20. The van der Waals surface area contributed by atoms with Crippen LogP contribution in [-0.4, -0.2) is 51.4 Å². The zero-order chi connectivity index (χ0) is 30.5. The van der Waals surface area contributed by atoms with E-state index >= 15 is 0 Å². The molecule has 6 rings (SSSR count). The largest absolute Gasteiger partial charge is 0.497 e. The summed E-state index contributed by atoms with van der Waals surface area (Å²) in [6, 6.07) is 11.4. The number of hydrogen-bond donors (Lipinski definition) is 0. The van der Waals surface area contributed by atoms with E-state index in [1.165, 1.54) is 30.2 Å². The quantitative estimate of drug-likeness (QED) is 0.167. The van der Waals surface area contributed by atoms with E-state index in [0.717, 1.165) is 4.90 Å². The van der Waals surface area contributed by atoms with Gasteiger partial charge in [0.2, 0.25) is 17.7 Å². The summed E-state index contributed by atoms with van der Waals surface area (Å²) >= 11 is 39.4. The van der Waals surface area contributed by atoms with Crippen LogP contribution in [-0.2, 0) is 19.2 Å². The van der Waals surface area contributed by atoms with Crippen molar-refractivity contribution < 1.29 is 28.7 Å². The number of anilines is 2. The lowest BCUT2D eigenvalue weighted by Crippen LogP contribution is -2.50. The normalized spacial score (nSPS) is 31.3. The van der Waals surface area contributed by atoms with Gasteiger partial charge >= 0.3 is 5.97 Å². The summed E-state index contributed by atoms with van der Waals surface area (Å²) < 4.78 is 8.78. The van der Waals surface area contributed by atoms with Crippen LogP contribution >= 0.6 is 69.6 Å². The molecule has 0 N–H and O–H groups in total. The lowest BCUT2D eigenvalue weighted by Gasteiger charge is -2.34. The number of halogens is 6. The van der Waals surface area contributed by atoms with Crippen LogP contribution in [0, 0.1) is 24.7 Å². The molecule has 2 bridgehead atoms. The van der Waals surface area contributed by atoms with Gasteiger partial charge in [-0.2, -0.15) is 0 Å². The number of imide groups is 1. The van der Waals surface area contributed by atoms with Crippen LogP contribution in [0.3, 0.4) is 0 Å². The zero-order valence-corrected chi connectivity index (χ0v) is 26.3. The fourth-order valence-electron chi connectivity index (χ4n) is 6.27. The average Bonchev–Trinajstić information content (AvgIpc) is 3.54. The Morgan fingerprint density at radius 2 is 1.52 bits per heavy atom. The molecule has 0 unspecified atom stereocenters. The maximum absolute atomic E-state index is 13.7. The third-order valence-electron chi connectivity index (χ3n) is 8.36. The van der Waals surface area contributed by atoms with Crippen LogP contribution in [0.1, 0.15) is 12.0 Å². The molecule has 8 nitrogen and oxygen atoms in total. The number of benzene rings is 2. The van der Waals surface area contributed by atoms with Crippen molar-refractivity contribution in [1.82, 2.24) is 0 Å². The summed E-state index contributed by atoms with van der Waals surface area (Å²) in [5, 5.41) is -0.353. The number of esters is 1. The van der Waals surface area contributed by atoms with Gasteiger partial charge in [0, 0.05) is 24.7 Å². The Kier molecular flexibility index (Phi) is 7.04. The van der Waals surface area contributed by atoms with Gasteiger partial charge in [-0.3, -0.25) is 19.2 Å². The van der Waals surface area contributed by atoms with Crippen LogP contribution < -0.4 is 19.3 Å². The Labute approximate surface area is 270 Å². The van der Waals surface area contributed by atoms with Gasteiger partial charge in [0.05, 0.1) is 40.6 Å². The van der Waals surface area contributed by atoms with E-state index in [2.05, 4.69) is 0 Å². The van der Waals surface area contributed by atoms with E-state index in [0.29, 0.717) is 17.0 Å². The standard InChI is InChI=1S/C28H20Cl6N2O6/c1-12-8-16(42-25(40)13-9-18(37)35(11-13)14-4-3-5-15(10-14)41-2)6-7-17(12)36-23(38)19-20(24(36)39)27(32)22(30)21(29)26(19,31)28(27,33)34/h3-8,10,13,19-20H,9,11H2,1-2H3/t13-,19+,20+,26-,27-/m1/s1. The van der Waals surface area contributed by atoms with Gasteiger partial charge in [-0.25, -0.2) is 4.90 Å². The number of amides is 3. The van der Waals surface area contributed by atoms with Gasteiger partial charge in [0.25, 0.3) is 0 Å². The second-order valence-corrected chi connectivity index (χ2v) is 13.8. The van der Waals surface area contributed by atoms with Gasteiger partial charge < -0.3 is 14.4 Å². The Morgan fingerprint density at radius 1 is 0.905 bits per heavy atom. The smallest absolute Gasteiger partial charge is 0.316 e. The molecule has 42 heavy (non-hydrogen) atoms. The van der Waals surface area contributed by atoms with E-state index in [9.17, 15) is 19.2 Å². The molecule has 2 saturated heterocycles. The molecule has 2 aromatic carbocycles. The number of alkyl halides is 4. The number of methoxy groups -OCH3 is 1. The average molecular weight is 693 g/mol. The number of aryl methyl sites for hydroxylation is 1. The lowest BCUT2D eigenvalue weighted by atomic mass is 9.84. The number of fused-ring (bicyclic) bond motifs is 5. The maximum Gasteiger partial charge on any atom is 0.316 e. The number of carbonyl (C=O) groups is 4. The molecular formula is C28H20Cl6N2O6. The minimum absolute atomic E-state index is 0.0190. The van der Waals surface area contributed by atoms with Crippen molar-refractivity contribution in [1.29, 1.82) is 0 Å². The molecule has 3 fully saturated rings. The molecular weight excluding hydrogens is 673 g/mol. The van der Waals surface area contributed by atoms with Crippen molar-refractivity contribution in [2.24, 2.45) is 17.8 Å². The topological polar surface area (TPSA) is 93.2 Å².